The van der Waals surface area contributed by atoms with Crippen molar-refractivity contribution in [2.45, 2.75) is 90.4 Å². The first-order valence-corrected chi connectivity index (χ1v) is 19.7. The highest BCUT2D eigenvalue weighted by Gasteiger charge is 2.56. The summed E-state index contributed by atoms with van der Waals surface area (Å²) in [6.07, 6.45) is -0.167. The van der Waals surface area contributed by atoms with Gasteiger partial charge in [0.15, 0.2) is 8.32 Å². The van der Waals surface area contributed by atoms with Gasteiger partial charge in [-0.05, 0) is 84.8 Å². The molecule has 1 fully saturated rings. The van der Waals surface area contributed by atoms with Crippen molar-refractivity contribution in [2.24, 2.45) is 11.8 Å². The minimum absolute atomic E-state index is 0.0116. The standard InChI is InChI=1S/C39H53NO7Si/c1-27(25-46-48(8,9)39(3,4)5)36-35(28(2)47-38(42)45-26-31-13-11-10-12-14-31)37(41)40(36)32(23-29-15-19-33(43-6)20-16-29)24-30-17-21-34(44-7)22-18-30/h10-22,27-28,32,35-36H,23-26H2,1-9H3/t27-,28+,35+,36+/m0/s1. The fourth-order valence-electron chi connectivity index (χ4n) is 6.05. The molecule has 0 N–H and O–H groups in total. The fraction of sp³-hybridized carbons (Fsp3) is 0.487. The summed E-state index contributed by atoms with van der Waals surface area (Å²) in [6, 6.07) is 25.1. The number of carbonyl (C=O) groups is 2. The van der Waals surface area contributed by atoms with Gasteiger partial charge in [0, 0.05) is 12.6 Å². The van der Waals surface area contributed by atoms with Gasteiger partial charge in [0.1, 0.15) is 24.2 Å². The third kappa shape index (κ3) is 9.20. The lowest BCUT2D eigenvalue weighted by Gasteiger charge is -2.55. The maximum Gasteiger partial charge on any atom is 0.508 e. The summed E-state index contributed by atoms with van der Waals surface area (Å²) < 4.78 is 28.7. The molecule has 0 radical (unpaired) electrons. The van der Waals surface area contributed by atoms with Crippen LogP contribution < -0.4 is 9.47 Å². The first-order valence-electron chi connectivity index (χ1n) is 16.8. The topological polar surface area (TPSA) is 83.5 Å². The number of carbonyl (C=O) groups excluding carboxylic acids is 2. The molecule has 1 aliphatic heterocycles. The molecule has 4 atom stereocenters. The number of hydrogen-bond acceptors (Lipinski definition) is 7. The van der Waals surface area contributed by atoms with Crippen molar-refractivity contribution >= 4 is 20.4 Å². The summed E-state index contributed by atoms with van der Waals surface area (Å²) in [5.41, 5.74) is 3.06. The fourth-order valence-corrected chi connectivity index (χ4v) is 7.17. The van der Waals surface area contributed by atoms with Gasteiger partial charge in [-0.1, -0.05) is 82.3 Å². The van der Waals surface area contributed by atoms with Crippen molar-refractivity contribution in [2.75, 3.05) is 20.8 Å². The minimum atomic E-state index is -2.06. The van der Waals surface area contributed by atoms with Gasteiger partial charge in [0.05, 0.1) is 26.2 Å². The number of rotatable bonds is 15. The van der Waals surface area contributed by atoms with Gasteiger partial charge >= 0.3 is 6.16 Å². The van der Waals surface area contributed by atoms with Crippen LogP contribution in [0.2, 0.25) is 18.1 Å². The second-order valence-corrected chi connectivity index (χ2v) is 19.2. The average molecular weight is 676 g/mol. The molecular weight excluding hydrogens is 623 g/mol. The number of benzene rings is 3. The largest absolute Gasteiger partial charge is 0.508 e. The molecule has 0 saturated carbocycles. The lowest BCUT2D eigenvalue weighted by Crippen LogP contribution is -2.70. The third-order valence-electron chi connectivity index (χ3n) is 9.97. The Labute approximate surface area is 287 Å². The van der Waals surface area contributed by atoms with Crippen LogP contribution >= 0.6 is 0 Å². The predicted molar refractivity (Wildman–Crippen MR) is 191 cm³/mol. The zero-order chi connectivity index (χ0) is 35.1. The van der Waals surface area contributed by atoms with Crippen LogP contribution in [0.1, 0.15) is 51.3 Å². The molecule has 4 rings (SSSR count). The molecule has 48 heavy (non-hydrogen) atoms. The highest BCUT2D eigenvalue weighted by molar-refractivity contribution is 6.74. The first-order chi connectivity index (χ1) is 22.7. The summed E-state index contributed by atoms with van der Waals surface area (Å²) in [4.78, 5) is 29.1. The predicted octanol–water partition coefficient (Wildman–Crippen LogP) is 8.08. The summed E-state index contributed by atoms with van der Waals surface area (Å²) in [5.74, 6) is 0.994. The Balaban J connectivity index is 1.61. The number of methoxy groups -OCH3 is 2. The molecule has 1 amide bonds. The lowest BCUT2D eigenvalue weighted by atomic mass is 9.74. The summed E-state index contributed by atoms with van der Waals surface area (Å²) in [7, 11) is 1.24. The molecule has 0 bridgehead atoms. The molecule has 0 spiro atoms. The Hall–Kier alpha value is -3.82. The van der Waals surface area contributed by atoms with E-state index in [0.29, 0.717) is 19.4 Å². The van der Waals surface area contributed by atoms with Gasteiger partial charge < -0.3 is 28.3 Å². The number of nitrogens with zero attached hydrogens (tertiary/aromatic N) is 1. The van der Waals surface area contributed by atoms with Crippen molar-refractivity contribution in [1.29, 1.82) is 0 Å². The van der Waals surface area contributed by atoms with Crippen molar-refractivity contribution in [1.82, 2.24) is 4.90 Å². The zero-order valence-corrected chi connectivity index (χ0v) is 31.0. The lowest BCUT2D eigenvalue weighted by molar-refractivity contribution is -0.176. The van der Waals surface area contributed by atoms with E-state index in [1.807, 2.05) is 59.5 Å². The average Bonchev–Trinajstić information content (AvgIpc) is 3.05. The van der Waals surface area contributed by atoms with Gasteiger partial charge in [-0.2, -0.15) is 0 Å². The molecule has 8 nitrogen and oxygen atoms in total. The van der Waals surface area contributed by atoms with E-state index >= 15 is 0 Å². The number of likely N-dealkylation sites (tertiary alicyclic amines) is 1. The Bertz CT molecular complexity index is 1420. The van der Waals surface area contributed by atoms with Crippen molar-refractivity contribution in [3.8, 4) is 11.5 Å². The van der Waals surface area contributed by atoms with Gasteiger partial charge in [-0.3, -0.25) is 4.79 Å². The van der Waals surface area contributed by atoms with E-state index in [1.54, 1.807) is 21.1 Å². The van der Waals surface area contributed by atoms with Crippen molar-refractivity contribution in [3.05, 3.63) is 95.6 Å². The zero-order valence-electron chi connectivity index (χ0n) is 30.0. The Morgan fingerprint density at radius 2 is 1.33 bits per heavy atom. The van der Waals surface area contributed by atoms with Gasteiger partial charge in [0.2, 0.25) is 5.91 Å². The van der Waals surface area contributed by atoms with Crippen LogP contribution in [-0.4, -0.2) is 64.3 Å². The minimum Gasteiger partial charge on any atom is -0.497 e. The number of amides is 1. The van der Waals surface area contributed by atoms with Crippen LogP contribution in [0.15, 0.2) is 78.9 Å². The van der Waals surface area contributed by atoms with Gasteiger partial charge in [-0.15, -0.1) is 0 Å². The molecule has 1 saturated heterocycles. The van der Waals surface area contributed by atoms with E-state index < -0.39 is 26.5 Å². The van der Waals surface area contributed by atoms with E-state index in [0.717, 1.165) is 28.2 Å². The molecule has 260 valence electrons. The first kappa shape index (κ1) is 37.0. The van der Waals surface area contributed by atoms with Crippen molar-refractivity contribution in [3.63, 3.8) is 0 Å². The second kappa shape index (κ2) is 16.1. The van der Waals surface area contributed by atoms with Crippen LogP contribution in [0.25, 0.3) is 0 Å². The highest BCUT2D eigenvalue weighted by atomic mass is 28.4. The van der Waals surface area contributed by atoms with Crippen LogP contribution in [-0.2, 0) is 38.1 Å². The molecule has 9 heteroatoms. The normalized spacial score (nSPS) is 17.8. The maximum absolute atomic E-state index is 14.3. The van der Waals surface area contributed by atoms with E-state index in [4.69, 9.17) is 23.4 Å². The molecule has 0 aliphatic carbocycles. The molecule has 3 aromatic carbocycles. The number of ether oxygens (including phenoxy) is 4. The molecule has 0 unspecified atom stereocenters. The van der Waals surface area contributed by atoms with E-state index in [2.05, 4.69) is 65.1 Å². The second-order valence-electron chi connectivity index (χ2n) is 14.4. The Morgan fingerprint density at radius 1 is 0.812 bits per heavy atom. The smallest absolute Gasteiger partial charge is 0.497 e. The molecule has 3 aromatic rings. The monoisotopic (exact) mass is 675 g/mol. The van der Waals surface area contributed by atoms with Crippen molar-refractivity contribution < 1.29 is 33.0 Å². The maximum atomic E-state index is 14.3. The van der Waals surface area contributed by atoms with Gasteiger partial charge in [0.25, 0.3) is 0 Å². The van der Waals surface area contributed by atoms with Crippen LogP contribution in [0, 0.1) is 11.8 Å². The van der Waals surface area contributed by atoms with E-state index in [-0.39, 0.29) is 35.6 Å². The number of hydrogen-bond donors (Lipinski definition) is 0. The Morgan fingerprint density at radius 3 is 1.81 bits per heavy atom. The number of β-lactam (4-membered cyclic amide) rings is 1. The summed E-state index contributed by atoms with van der Waals surface area (Å²) in [6.45, 7) is 15.7. The van der Waals surface area contributed by atoms with Crippen LogP contribution in [0.5, 0.6) is 11.5 Å². The Kier molecular flexibility index (Phi) is 12.4. The van der Waals surface area contributed by atoms with E-state index in [9.17, 15) is 9.59 Å². The molecule has 1 heterocycles. The summed E-state index contributed by atoms with van der Waals surface area (Å²) >= 11 is 0. The van der Waals surface area contributed by atoms with Gasteiger partial charge in [-0.25, -0.2) is 4.79 Å². The highest BCUT2D eigenvalue weighted by Crippen LogP contribution is 2.41. The van der Waals surface area contributed by atoms with Crippen LogP contribution in [0.3, 0.4) is 0 Å². The molecule has 1 aliphatic rings. The quantitative estimate of drug-likeness (QED) is 0.0915. The van der Waals surface area contributed by atoms with E-state index in [1.165, 1.54) is 0 Å². The molecule has 0 aromatic heterocycles. The third-order valence-corrected chi connectivity index (χ3v) is 14.5. The van der Waals surface area contributed by atoms with Crippen LogP contribution in [0.4, 0.5) is 4.79 Å². The summed E-state index contributed by atoms with van der Waals surface area (Å²) in [5, 5.41) is 0.0470. The SMILES string of the molecule is COc1ccc(CC(Cc2ccc(OC)cc2)N2C(=O)[C@H]([C@@H](C)OC(=O)OCc3ccccc3)[C@H]2[C@@H](C)CO[Si](C)(C)C(C)(C)C)cc1. The molecular formula is C39H53NO7Si.